The molecule has 2 aromatic carbocycles. The molecule has 0 nitrogen and oxygen atoms in total. The van der Waals surface area contributed by atoms with Gasteiger partial charge in [0.15, 0.2) is 25.9 Å². The van der Waals surface area contributed by atoms with Gasteiger partial charge in [0.1, 0.15) is 0 Å². The third-order valence-electron chi connectivity index (χ3n) is 2.91. The van der Waals surface area contributed by atoms with E-state index in [1.165, 1.54) is 19.6 Å². The normalized spacial score (nSPS) is 12.9. The SMILES string of the molecule is CCCC#C[S+]1c2ccccc2Sc2ccccc21.F[B-](F)(F)F. The van der Waals surface area contributed by atoms with Crippen molar-refractivity contribution in [2.45, 2.75) is 39.3 Å². The van der Waals surface area contributed by atoms with E-state index in [9.17, 15) is 17.3 Å². The summed E-state index contributed by atoms with van der Waals surface area (Å²) in [5.74, 6) is 3.34. The first-order valence-electron chi connectivity index (χ1n) is 7.36. The van der Waals surface area contributed by atoms with E-state index in [0.717, 1.165) is 12.8 Å². The van der Waals surface area contributed by atoms with Gasteiger partial charge in [-0.1, -0.05) is 43.0 Å². The van der Waals surface area contributed by atoms with Crippen LogP contribution in [0.4, 0.5) is 17.3 Å². The second kappa shape index (κ2) is 8.54. The molecule has 1 aliphatic heterocycles. The Bertz CT molecular complexity index is 698. The molecule has 0 saturated heterocycles. The molecule has 0 spiro atoms. The molecule has 1 aliphatic rings. The first-order valence-corrected chi connectivity index (χ1v) is 9.40. The van der Waals surface area contributed by atoms with Crippen molar-refractivity contribution >= 4 is 29.9 Å². The summed E-state index contributed by atoms with van der Waals surface area (Å²) in [4.78, 5) is 5.48. The molecule has 7 heteroatoms. The fourth-order valence-electron chi connectivity index (χ4n) is 2.00. The quantitative estimate of drug-likeness (QED) is 0.248. The van der Waals surface area contributed by atoms with Gasteiger partial charge in [-0.15, -0.1) is 0 Å². The van der Waals surface area contributed by atoms with Crippen molar-refractivity contribution in [3.63, 3.8) is 0 Å². The van der Waals surface area contributed by atoms with Gasteiger partial charge in [0.25, 0.3) is 0 Å². The lowest BCUT2D eigenvalue weighted by Crippen LogP contribution is -2.07. The van der Waals surface area contributed by atoms with E-state index in [1.54, 1.807) is 0 Å². The summed E-state index contributed by atoms with van der Waals surface area (Å²) in [5.41, 5.74) is 0. The fourth-order valence-corrected chi connectivity index (χ4v) is 5.29. The Labute approximate surface area is 146 Å². The van der Waals surface area contributed by atoms with Crippen LogP contribution in [-0.2, 0) is 10.9 Å². The molecule has 0 amide bonds. The zero-order valence-electron chi connectivity index (χ0n) is 12.9. The highest BCUT2D eigenvalue weighted by Gasteiger charge is 2.34. The van der Waals surface area contributed by atoms with Gasteiger partial charge >= 0.3 is 7.25 Å². The minimum Gasteiger partial charge on any atom is -0.418 e. The summed E-state index contributed by atoms with van der Waals surface area (Å²) in [6.45, 7) is 2.18. The molecule has 0 saturated carbocycles. The van der Waals surface area contributed by atoms with Gasteiger partial charge in [0, 0.05) is 6.42 Å². The Morgan fingerprint density at radius 1 is 0.917 bits per heavy atom. The average molecular weight is 370 g/mol. The minimum atomic E-state index is -6.00. The fraction of sp³-hybridized carbons (Fsp3) is 0.176. The third kappa shape index (κ3) is 5.54. The predicted molar refractivity (Wildman–Crippen MR) is 93.8 cm³/mol. The topological polar surface area (TPSA) is 0 Å². The first-order chi connectivity index (χ1) is 11.4. The van der Waals surface area contributed by atoms with Gasteiger partial charge in [-0.2, -0.15) is 0 Å². The zero-order valence-corrected chi connectivity index (χ0v) is 14.6. The van der Waals surface area contributed by atoms with Crippen LogP contribution in [0.2, 0.25) is 0 Å². The Balaban J connectivity index is 0.000000368. The van der Waals surface area contributed by atoms with Crippen LogP contribution in [0.3, 0.4) is 0 Å². The number of hydrogen-bond acceptors (Lipinski definition) is 1. The number of unbranched alkanes of at least 4 members (excludes halogenated alkanes) is 1. The maximum absolute atomic E-state index is 9.75. The van der Waals surface area contributed by atoms with Gasteiger partial charge in [-0.25, -0.2) is 0 Å². The lowest BCUT2D eigenvalue weighted by atomic mass is 10.3. The second-order valence-electron chi connectivity index (χ2n) is 4.83. The van der Waals surface area contributed by atoms with Crippen LogP contribution in [0.1, 0.15) is 19.8 Å². The molecule has 0 atom stereocenters. The van der Waals surface area contributed by atoms with E-state index in [0.29, 0.717) is 0 Å². The molecule has 0 aromatic heterocycles. The minimum absolute atomic E-state index is 0.0780. The van der Waals surface area contributed by atoms with Gasteiger partial charge in [0.2, 0.25) is 0 Å². The van der Waals surface area contributed by atoms with Crippen molar-refractivity contribution in [1.82, 2.24) is 0 Å². The standard InChI is InChI=1S/C17H15S2.BF4/c1-2-3-8-13-19-16-11-6-4-9-14(16)18-15-10-5-7-12-17(15)19;2-1(3,4)5/h4-7,9-12H,2-3H2,1H3;/q+1;-1. The monoisotopic (exact) mass is 370 g/mol. The maximum Gasteiger partial charge on any atom is 0.673 e. The van der Waals surface area contributed by atoms with E-state index in [4.69, 9.17) is 0 Å². The lowest BCUT2D eigenvalue weighted by Gasteiger charge is -2.14. The molecule has 126 valence electrons. The largest absolute Gasteiger partial charge is 0.673 e. The van der Waals surface area contributed by atoms with Crippen LogP contribution in [0.5, 0.6) is 0 Å². The molecule has 0 radical (unpaired) electrons. The summed E-state index contributed by atoms with van der Waals surface area (Å²) in [7, 11) is -6.08. The molecule has 0 fully saturated rings. The van der Waals surface area contributed by atoms with Gasteiger partial charge in [-0.05, 0) is 36.6 Å². The summed E-state index contributed by atoms with van der Waals surface area (Å²) in [6.07, 6.45) is 2.11. The maximum atomic E-state index is 9.75. The summed E-state index contributed by atoms with van der Waals surface area (Å²) >= 11 is 1.86. The van der Waals surface area contributed by atoms with Gasteiger partial charge in [-0.3, -0.25) is 0 Å². The first kappa shape index (κ1) is 18.8. The summed E-state index contributed by atoms with van der Waals surface area (Å²) in [5, 5.41) is 3.50. The molecule has 3 rings (SSSR count). The van der Waals surface area contributed by atoms with Crippen molar-refractivity contribution in [2.24, 2.45) is 0 Å². The lowest BCUT2D eigenvalue weighted by molar-refractivity contribution is 0.368. The smallest absolute Gasteiger partial charge is 0.418 e. The summed E-state index contributed by atoms with van der Waals surface area (Å²) in [6, 6.07) is 17.3. The molecule has 1 heterocycles. The highest BCUT2D eigenvalue weighted by atomic mass is 32.2. The Morgan fingerprint density at radius 3 is 1.83 bits per heavy atom. The van der Waals surface area contributed by atoms with Crippen molar-refractivity contribution in [2.75, 3.05) is 0 Å². The number of benzene rings is 2. The number of halogens is 4. The number of rotatable bonds is 1. The van der Waals surface area contributed by atoms with Gasteiger partial charge < -0.3 is 17.3 Å². The highest BCUT2D eigenvalue weighted by Crippen LogP contribution is 2.44. The van der Waals surface area contributed by atoms with E-state index in [2.05, 4.69) is 66.6 Å². The van der Waals surface area contributed by atoms with E-state index < -0.39 is 7.25 Å². The Morgan fingerprint density at radius 2 is 1.38 bits per heavy atom. The van der Waals surface area contributed by atoms with Crippen LogP contribution in [0, 0.1) is 11.2 Å². The highest BCUT2D eigenvalue weighted by molar-refractivity contribution is 8.06. The van der Waals surface area contributed by atoms with Crippen LogP contribution in [0.25, 0.3) is 0 Å². The van der Waals surface area contributed by atoms with Crippen LogP contribution >= 0.6 is 11.8 Å². The summed E-state index contributed by atoms with van der Waals surface area (Å²) < 4.78 is 39.0. The Kier molecular flexibility index (Phi) is 6.70. The van der Waals surface area contributed by atoms with Crippen LogP contribution < -0.4 is 0 Å². The molecule has 0 unspecified atom stereocenters. The second-order valence-corrected chi connectivity index (χ2v) is 7.61. The molecular weight excluding hydrogens is 355 g/mol. The van der Waals surface area contributed by atoms with E-state index >= 15 is 0 Å². The third-order valence-corrected chi connectivity index (χ3v) is 6.26. The van der Waals surface area contributed by atoms with Crippen molar-refractivity contribution in [1.29, 1.82) is 0 Å². The number of hydrogen-bond donors (Lipinski definition) is 0. The van der Waals surface area contributed by atoms with Crippen LogP contribution in [-0.4, -0.2) is 7.25 Å². The average Bonchev–Trinajstić information content (AvgIpc) is 2.53. The zero-order chi connectivity index (χ0) is 17.6. The predicted octanol–water partition coefficient (Wildman–Crippen LogP) is 6.25. The molecule has 24 heavy (non-hydrogen) atoms. The molecule has 0 aliphatic carbocycles. The van der Waals surface area contributed by atoms with Crippen LogP contribution in [0.15, 0.2) is 68.1 Å². The van der Waals surface area contributed by atoms with Gasteiger partial charge in [0.05, 0.1) is 9.79 Å². The number of fused-ring (bicyclic) bond motifs is 2. The van der Waals surface area contributed by atoms with Crippen molar-refractivity contribution in [3.05, 3.63) is 48.5 Å². The molecule has 0 N–H and O–H groups in total. The molecule has 2 aromatic rings. The van der Waals surface area contributed by atoms with Crippen molar-refractivity contribution < 1.29 is 17.3 Å². The Hall–Kier alpha value is -1.52. The van der Waals surface area contributed by atoms with E-state index in [1.807, 2.05) is 11.8 Å². The van der Waals surface area contributed by atoms with Crippen molar-refractivity contribution in [3.8, 4) is 11.2 Å². The molecule has 0 bridgehead atoms. The molecular formula is C17H15BF4S2. The van der Waals surface area contributed by atoms with E-state index in [-0.39, 0.29) is 10.9 Å².